The number of methoxy groups -OCH3 is 1. The lowest BCUT2D eigenvalue weighted by atomic mass is 10.4. The molecular formula is C8H10N6O2. The number of esters is 1. The van der Waals surface area contributed by atoms with E-state index in [1.165, 1.54) is 18.0 Å². The van der Waals surface area contributed by atoms with Crippen LogP contribution in [-0.4, -0.2) is 43.1 Å². The standard InChI is InChI=1S/C8H10N6O2/c1-13-3-6(9-11-13)4-14-5-7(10-12-14)8(15)16-2/h3,5H,4H2,1-2H3. The largest absolute Gasteiger partial charge is 0.464 e. The fourth-order valence-electron chi connectivity index (χ4n) is 1.21. The van der Waals surface area contributed by atoms with Crippen LogP contribution in [0.4, 0.5) is 0 Å². The molecule has 84 valence electrons. The zero-order valence-electron chi connectivity index (χ0n) is 8.86. The topological polar surface area (TPSA) is 87.7 Å². The molecule has 0 aliphatic carbocycles. The number of ether oxygens (including phenoxy) is 1. The molecule has 2 aromatic rings. The minimum absolute atomic E-state index is 0.173. The van der Waals surface area contributed by atoms with Gasteiger partial charge in [-0.25, -0.2) is 9.48 Å². The maximum absolute atomic E-state index is 11.1. The Balaban J connectivity index is 2.11. The van der Waals surface area contributed by atoms with Crippen LogP contribution in [0.25, 0.3) is 0 Å². The molecule has 0 unspecified atom stereocenters. The van der Waals surface area contributed by atoms with Crippen LogP contribution in [0.5, 0.6) is 0 Å². The summed E-state index contributed by atoms with van der Waals surface area (Å²) < 4.78 is 7.60. The first kappa shape index (κ1) is 10.3. The van der Waals surface area contributed by atoms with Gasteiger partial charge >= 0.3 is 5.97 Å². The van der Waals surface area contributed by atoms with Gasteiger partial charge in [0.1, 0.15) is 5.69 Å². The van der Waals surface area contributed by atoms with Gasteiger partial charge in [0.2, 0.25) is 0 Å². The first-order valence-electron chi connectivity index (χ1n) is 4.52. The van der Waals surface area contributed by atoms with E-state index in [0.717, 1.165) is 5.69 Å². The Bertz CT molecular complexity index is 502. The van der Waals surface area contributed by atoms with Crippen molar-refractivity contribution < 1.29 is 9.53 Å². The average Bonchev–Trinajstić information content (AvgIpc) is 2.87. The molecule has 16 heavy (non-hydrogen) atoms. The Hall–Kier alpha value is -2.25. The Morgan fingerprint density at radius 3 is 2.81 bits per heavy atom. The van der Waals surface area contributed by atoms with Crippen molar-refractivity contribution in [1.82, 2.24) is 30.0 Å². The zero-order valence-corrected chi connectivity index (χ0v) is 8.86. The van der Waals surface area contributed by atoms with E-state index < -0.39 is 5.97 Å². The molecule has 2 aromatic heterocycles. The highest BCUT2D eigenvalue weighted by molar-refractivity contribution is 5.86. The molecule has 0 amide bonds. The minimum atomic E-state index is -0.509. The first-order valence-corrected chi connectivity index (χ1v) is 4.52. The van der Waals surface area contributed by atoms with Gasteiger partial charge in [0.15, 0.2) is 5.69 Å². The fourth-order valence-corrected chi connectivity index (χ4v) is 1.21. The maximum atomic E-state index is 11.1. The first-order chi connectivity index (χ1) is 7.69. The summed E-state index contributed by atoms with van der Waals surface area (Å²) in [6.07, 6.45) is 3.26. The van der Waals surface area contributed by atoms with Crippen LogP contribution in [0.3, 0.4) is 0 Å². The van der Waals surface area contributed by atoms with E-state index >= 15 is 0 Å². The van der Waals surface area contributed by atoms with Crippen LogP contribution >= 0.6 is 0 Å². The number of rotatable bonds is 3. The van der Waals surface area contributed by atoms with Crippen molar-refractivity contribution >= 4 is 5.97 Å². The van der Waals surface area contributed by atoms with Crippen molar-refractivity contribution in [3.63, 3.8) is 0 Å². The Labute approximate surface area is 90.8 Å². The highest BCUT2D eigenvalue weighted by Crippen LogP contribution is 1.99. The smallest absolute Gasteiger partial charge is 0.360 e. The SMILES string of the molecule is COC(=O)c1cn(Cc2cn(C)nn2)nn1. The van der Waals surface area contributed by atoms with Gasteiger partial charge in [0, 0.05) is 13.2 Å². The summed E-state index contributed by atoms with van der Waals surface area (Å²) in [5.41, 5.74) is 0.912. The Kier molecular flexibility index (Phi) is 2.63. The van der Waals surface area contributed by atoms with Crippen molar-refractivity contribution in [3.05, 3.63) is 23.8 Å². The van der Waals surface area contributed by atoms with Gasteiger partial charge in [0.25, 0.3) is 0 Å². The number of carbonyl (C=O) groups excluding carboxylic acids is 1. The maximum Gasteiger partial charge on any atom is 0.360 e. The molecule has 8 heteroatoms. The number of hydrogen-bond donors (Lipinski definition) is 0. The van der Waals surface area contributed by atoms with E-state index in [2.05, 4.69) is 25.4 Å². The number of aryl methyl sites for hydroxylation is 1. The Morgan fingerprint density at radius 1 is 1.38 bits per heavy atom. The van der Waals surface area contributed by atoms with E-state index in [1.54, 1.807) is 17.9 Å². The van der Waals surface area contributed by atoms with Gasteiger partial charge in [-0.15, -0.1) is 10.2 Å². The number of carbonyl (C=O) groups is 1. The van der Waals surface area contributed by atoms with Crippen molar-refractivity contribution in [1.29, 1.82) is 0 Å². The summed E-state index contributed by atoms with van der Waals surface area (Å²) in [5.74, 6) is -0.509. The lowest BCUT2D eigenvalue weighted by Gasteiger charge is -1.93. The third-order valence-electron chi connectivity index (χ3n) is 1.91. The van der Waals surface area contributed by atoms with Crippen LogP contribution in [0, 0.1) is 0 Å². The number of nitrogens with zero attached hydrogens (tertiary/aromatic N) is 6. The third-order valence-corrected chi connectivity index (χ3v) is 1.91. The second-order valence-electron chi connectivity index (χ2n) is 3.18. The summed E-state index contributed by atoms with van der Waals surface area (Å²) in [6, 6.07) is 0. The lowest BCUT2D eigenvalue weighted by molar-refractivity contribution is 0.0594. The molecule has 2 heterocycles. The van der Waals surface area contributed by atoms with E-state index in [4.69, 9.17) is 0 Å². The minimum Gasteiger partial charge on any atom is -0.464 e. The van der Waals surface area contributed by atoms with Crippen LogP contribution in [0.2, 0.25) is 0 Å². The van der Waals surface area contributed by atoms with Gasteiger partial charge in [-0.3, -0.25) is 4.68 Å². The quantitative estimate of drug-likeness (QED) is 0.634. The van der Waals surface area contributed by atoms with Crippen LogP contribution < -0.4 is 0 Å². The molecule has 2 rings (SSSR count). The molecule has 0 bridgehead atoms. The normalized spacial score (nSPS) is 10.4. The highest BCUT2D eigenvalue weighted by atomic mass is 16.5. The molecule has 0 aromatic carbocycles. The molecule has 0 saturated heterocycles. The molecule has 0 fully saturated rings. The summed E-state index contributed by atoms with van der Waals surface area (Å²) in [5, 5.41) is 15.1. The highest BCUT2D eigenvalue weighted by Gasteiger charge is 2.11. The predicted octanol–water partition coefficient (Wildman–Crippen LogP) is -0.759. The van der Waals surface area contributed by atoms with E-state index in [9.17, 15) is 4.79 Å². The molecule has 0 atom stereocenters. The molecule has 0 saturated carbocycles. The summed E-state index contributed by atoms with van der Waals surface area (Å²) in [4.78, 5) is 11.1. The van der Waals surface area contributed by atoms with Crippen LogP contribution in [-0.2, 0) is 18.3 Å². The van der Waals surface area contributed by atoms with Crippen molar-refractivity contribution in [3.8, 4) is 0 Å². The van der Waals surface area contributed by atoms with Gasteiger partial charge in [-0.1, -0.05) is 10.4 Å². The third kappa shape index (κ3) is 2.05. The van der Waals surface area contributed by atoms with Gasteiger partial charge in [0.05, 0.1) is 19.9 Å². The monoisotopic (exact) mass is 222 g/mol. The Morgan fingerprint density at radius 2 is 2.19 bits per heavy atom. The summed E-state index contributed by atoms with van der Waals surface area (Å²) in [6.45, 7) is 0.415. The second kappa shape index (κ2) is 4.09. The molecular weight excluding hydrogens is 212 g/mol. The van der Waals surface area contributed by atoms with Crippen molar-refractivity contribution in [2.75, 3.05) is 7.11 Å². The van der Waals surface area contributed by atoms with E-state index in [-0.39, 0.29) is 5.69 Å². The molecule has 0 radical (unpaired) electrons. The van der Waals surface area contributed by atoms with Crippen molar-refractivity contribution in [2.24, 2.45) is 7.05 Å². The van der Waals surface area contributed by atoms with E-state index in [1.807, 2.05) is 0 Å². The molecule has 0 aliphatic rings. The van der Waals surface area contributed by atoms with Gasteiger partial charge in [-0.2, -0.15) is 0 Å². The molecule has 8 nitrogen and oxygen atoms in total. The van der Waals surface area contributed by atoms with E-state index in [0.29, 0.717) is 6.54 Å². The predicted molar refractivity (Wildman–Crippen MR) is 51.5 cm³/mol. The summed E-state index contributed by atoms with van der Waals surface area (Å²) in [7, 11) is 3.07. The summed E-state index contributed by atoms with van der Waals surface area (Å²) >= 11 is 0. The second-order valence-corrected chi connectivity index (χ2v) is 3.18. The molecule has 0 spiro atoms. The van der Waals surface area contributed by atoms with Crippen LogP contribution in [0.1, 0.15) is 16.2 Å². The number of aromatic nitrogens is 6. The zero-order chi connectivity index (χ0) is 11.5. The lowest BCUT2D eigenvalue weighted by Crippen LogP contribution is -2.02. The molecule has 0 N–H and O–H groups in total. The fraction of sp³-hybridized carbons (Fsp3) is 0.375. The average molecular weight is 222 g/mol. The number of hydrogen-bond acceptors (Lipinski definition) is 6. The van der Waals surface area contributed by atoms with Gasteiger partial charge in [-0.05, 0) is 0 Å². The molecule has 0 aliphatic heterocycles. The van der Waals surface area contributed by atoms with Crippen LogP contribution in [0.15, 0.2) is 12.4 Å². The van der Waals surface area contributed by atoms with Gasteiger partial charge < -0.3 is 4.74 Å². The van der Waals surface area contributed by atoms with Crippen molar-refractivity contribution in [2.45, 2.75) is 6.54 Å².